The molecule has 0 amide bonds. The summed E-state index contributed by atoms with van der Waals surface area (Å²) in [4.78, 5) is 26.0. The van der Waals surface area contributed by atoms with E-state index < -0.39 is 0 Å². The lowest BCUT2D eigenvalue weighted by molar-refractivity contribution is 0.190. The summed E-state index contributed by atoms with van der Waals surface area (Å²) < 4.78 is 7.36. The maximum atomic E-state index is 12.8. The van der Waals surface area contributed by atoms with Crippen molar-refractivity contribution in [1.82, 2.24) is 29.9 Å². The van der Waals surface area contributed by atoms with Crippen molar-refractivity contribution in [2.24, 2.45) is 0 Å². The van der Waals surface area contributed by atoms with Gasteiger partial charge in [0.05, 0.1) is 16.3 Å². The van der Waals surface area contributed by atoms with Gasteiger partial charge in [-0.2, -0.15) is 4.98 Å². The summed E-state index contributed by atoms with van der Waals surface area (Å²) in [6.45, 7) is 5.41. The normalized spacial score (nSPS) is 20.8. The summed E-state index contributed by atoms with van der Waals surface area (Å²) in [6, 6.07) is 0.100. The van der Waals surface area contributed by atoms with E-state index in [9.17, 15) is 4.79 Å². The van der Waals surface area contributed by atoms with E-state index in [1.807, 2.05) is 6.92 Å². The Labute approximate surface area is 153 Å². The highest BCUT2D eigenvalue weighted by atomic mass is 32.1. The Morgan fingerprint density at radius 3 is 3.04 bits per heavy atom. The molecule has 2 aliphatic heterocycles. The van der Waals surface area contributed by atoms with Crippen LogP contribution in [0.1, 0.15) is 29.7 Å². The molecule has 2 aliphatic rings. The third-order valence-corrected chi connectivity index (χ3v) is 6.53. The van der Waals surface area contributed by atoms with Gasteiger partial charge in [0, 0.05) is 32.6 Å². The summed E-state index contributed by atoms with van der Waals surface area (Å²) in [5.74, 6) is 2.04. The Kier molecular flexibility index (Phi) is 3.70. The third-order valence-electron chi connectivity index (χ3n) is 5.36. The summed E-state index contributed by atoms with van der Waals surface area (Å²) in [5, 5.41) is 8.25. The number of nitrogens with one attached hydrogen (secondary N) is 1. The molecule has 3 aromatic rings. The number of piperazine rings is 1. The van der Waals surface area contributed by atoms with Gasteiger partial charge < -0.3 is 9.84 Å². The molecule has 3 aromatic heterocycles. The number of fused-ring (bicyclic) bond motifs is 2. The molecule has 0 radical (unpaired) electrons. The molecule has 8 nitrogen and oxygen atoms in total. The lowest BCUT2D eigenvalue weighted by atomic mass is 10.2. The molecule has 1 fully saturated rings. The zero-order valence-electron chi connectivity index (χ0n) is 14.8. The number of rotatable bonds is 2. The van der Waals surface area contributed by atoms with E-state index in [2.05, 4.69) is 27.4 Å². The number of aromatic nitrogens is 4. The van der Waals surface area contributed by atoms with E-state index in [4.69, 9.17) is 9.51 Å². The molecule has 1 N–H and O–H groups in total. The maximum Gasteiger partial charge on any atom is 0.268 e. The van der Waals surface area contributed by atoms with Crippen LogP contribution in [-0.4, -0.2) is 51.3 Å². The Morgan fingerprint density at radius 2 is 2.19 bits per heavy atom. The topological polar surface area (TPSA) is 89.1 Å². The lowest BCUT2D eigenvalue weighted by Gasteiger charge is -2.30. The molecule has 1 saturated heterocycles. The molecule has 9 heteroatoms. The molecule has 5 rings (SSSR count). The van der Waals surface area contributed by atoms with Crippen molar-refractivity contribution in [2.75, 3.05) is 26.7 Å². The van der Waals surface area contributed by atoms with E-state index in [1.165, 1.54) is 11.3 Å². The molecule has 136 valence electrons. The summed E-state index contributed by atoms with van der Waals surface area (Å²) in [6.07, 6.45) is 1.85. The van der Waals surface area contributed by atoms with Crippen molar-refractivity contribution < 1.29 is 4.52 Å². The van der Waals surface area contributed by atoms with Crippen LogP contribution < -0.4 is 10.9 Å². The maximum absolute atomic E-state index is 12.8. The Morgan fingerprint density at radius 1 is 1.31 bits per heavy atom. The first-order chi connectivity index (χ1) is 12.6. The molecule has 0 bridgehead atoms. The second-order valence-corrected chi connectivity index (χ2v) is 7.98. The lowest BCUT2D eigenvalue weighted by Crippen LogP contribution is -2.44. The van der Waals surface area contributed by atoms with Gasteiger partial charge in [-0.15, -0.1) is 11.3 Å². The minimum atomic E-state index is 0.0541. The number of thiophene rings is 1. The van der Waals surface area contributed by atoms with E-state index in [0.717, 1.165) is 60.1 Å². The third kappa shape index (κ3) is 2.34. The molecular weight excluding hydrogens is 352 g/mol. The molecular formula is C17H20N6O2S. The van der Waals surface area contributed by atoms with E-state index in [0.29, 0.717) is 17.1 Å². The van der Waals surface area contributed by atoms with Gasteiger partial charge in [0.25, 0.3) is 11.4 Å². The van der Waals surface area contributed by atoms with E-state index in [-0.39, 0.29) is 11.6 Å². The quantitative estimate of drug-likeness (QED) is 0.726. The van der Waals surface area contributed by atoms with Gasteiger partial charge in [-0.3, -0.25) is 14.3 Å². The van der Waals surface area contributed by atoms with Crippen LogP contribution in [0.25, 0.3) is 21.0 Å². The summed E-state index contributed by atoms with van der Waals surface area (Å²) in [7, 11) is 2.07. The summed E-state index contributed by atoms with van der Waals surface area (Å²) in [5.41, 5.74) is 0.938. The van der Waals surface area contributed by atoms with Crippen molar-refractivity contribution in [2.45, 2.75) is 32.4 Å². The summed E-state index contributed by atoms with van der Waals surface area (Å²) >= 11 is 1.47. The molecule has 1 unspecified atom stereocenters. The first-order valence-corrected chi connectivity index (χ1v) is 9.73. The molecule has 1 atom stereocenters. The number of hydrogen-bond donors (Lipinski definition) is 1. The SMILES string of the molecule is Cc1c(-c2nc(C3CNCCN3C)no2)sc2nc3n(c(=O)c12)CCC3. The average molecular weight is 372 g/mol. The van der Waals surface area contributed by atoms with Gasteiger partial charge >= 0.3 is 0 Å². The highest BCUT2D eigenvalue weighted by Gasteiger charge is 2.28. The van der Waals surface area contributed by atoms with Crippen LogP contribution in [0.5, 0.6) is 0 Å². The number of nitrogens with zero attached hydrogens (tertiary/aromatic N) is 5. The van der Waals surface area contributed by atoms with Gasteiger partial charge in [-0.25, -0.2) is 4.98 Å². The predicted molar refractivity (Wildman–Crippen MR) is 98.5 cm³/mol. The molecule has 0 aliphatic carbocycles. The van der Waals surface area contributed by atoms with Gasteiger partial charge in [0.15, 0.2) is 5.82 Å². The predicted octanol–water partition coefficient (Wildman–Crippen LogP) is 1.34. The minimum Gasteiger partial charge on any atom is -0.333 e. The average Bonchev–Trinajstić information content (AvgIpc) is 3.34. The number of hydrogen-bond acceptors (Lipinski definition) is 8. The largest absolute Gasteiger partial charge is 0.333 e. The number of likely N-dealkylation sites (N-methyl/N-ethyl adjacent to an activating group) is 1. The fourth-order valence-electron chi connectivity index (χ4n) is 3.84. The second-order valence-electron chi connectivity index (χ2n) is 6.98. The Balaban J connectivity index is 1.59. The van der Waals surface area contributed by atoms with Crippen molar-refractivity contribution in [3.8, 4) is 10.8 Å². The monoisotopic (exact) mass is 372 g/mol. The van der Waals surface area contributed by atoms with Crippen LogP contribution in [0.15, 0.2) is 9.32 Å². The van der Waals surface area contributed by atoms with Crippen molar-refractivity contribution in [3.63, 3.8) is 0 Å². The highest BCUT2D eigenvalue weighted by Crippen LogP contribution is 2.36. The number of aryl methyl sites for hydroxylation is 2. The standard InChI is InChI=1S/C17H20N6O2S/c1-9-12-16(19-11-4-3-6-23(11)17(12)24)26-13(9)15-20-14(21-25-15)10-8-18-5-7-22(10)2/h10,18H,3-8H2,1-2H3. The zero-order valence-corrected chi connectivity index (χ0v) is 15.6. The minimum absolute atomic E-state index is 0.0541. The van der Waals surface area contributed by atoms with E-state index in [1.54, 1.807) is 4.57 Å². The fourth-order valence-corrected chi connectivity index (χ4v) is 4.95. The molecule has 26 heavy (non-hydrogen) atoms. The molecule has 0 spiro atoms. The van der Waals surface area contributed by atoms with Crippen LogP contribution in [0.4, 0.5) is 0 Å². The zero-order chi connectivity index (χ0) is 17.8. The van der Waals surface area contributed by atoms with Gasteiger partial charge in [0.2, 0.25) is 0 Å². The Bertz CT molecular complexity index is 1050. The second kappa shape index (κ2) is 5.97. The first kappa shape index (κ1) is 16.1. The van der Waals surface area contributed by atoms with Crippen LogP contribution >= 0.6 is 11.3 Å². The van der Waals surface area contributed by atoms with Crippen LogP contribution in [0.3, 0.4) is 0 Å². The van der Waals surface area contributed by atoms with Gasteiger partial charge in [-0.05, 0) is 26.0 Å². The molecule has 0 aromatic carbocycles. The van der Waals surface area contributed by atoms with Gasteiger partial charge in [-0.1, -0.05) is 5.16 Å². The van der Waals surface area contributed by atoms with Gasteiger partial charge in [0.1, 0.15) is 10.7 Å². The van der Waals surface area contributed by atoms with Crippen LogP contribution in [0.2, 0.25) is 0 Å². The van der Waals surface area contributed by atoms with Crippen molar-refractivity contribution in [3.05, 3.63) is 27.6 Å². The van der Waals surface area contributed by atoms with Crippen molar-refractivity contribution >= 4 is 21.6 Å². The molecule has 0 saturated carbocycles. The smallest absolute Gasteiger partial charge is 0.268 e. The fraction of sp³-hybridized carbons (Fsp3) is 0.529. The van der Waals surface area contributed by atoms with Crippen LogP contribution in [-0.2, 0) is 13.0 Å². The van der Waals surface area contributed by atoms with E-state index >= 15 is 0 Å². The first-order valence-electron chi connectivity index (χ1n) is 8.91. The molecule has 5 heterocycles. The highest BCUT2D eigenvalue weighted by molar-refractivity contribution is 7.22. The van der Waals surface area contributed by atoms with Crippen molar-refractivity contribution in [1.29, 1.82) is 0 Å². The Hall–Kier alpha value is -2.10. The van der Waals surface area contributed by atoms with Crippen LogP contribution in [0, 0.1) is 6.92 Å².